The molecule has 6 heteroatoms. The summed E-state index contributed by atoms with van der Waals surface area (Å²) in [5, 5.41) is 28.4. The predicted molar refractivity (Wildman–Crippen MR) is 98.4 cm³/mol. The molecule has 1 aliphatic rings. The minimum atomic E-state index is 0.0538. The second-order valence-corrected chi connectivity index (χ2v) is 6.08. The van der Waals surface area contributed by atoms with Crippen LogP contribution in [0.2, 0.25) is 0 Å². The molecule has 0 N–H and O–H groups in total. The summed E-state index contributed by atoms with van der Waals surface area (Å²) in [4.78, 5) is 1.87. The Labute approximate surface area is 150 Å². The van der Waals surface area contributed by atoms with Gasteiger partial charge in [0, 0.05) is 5.69 Å². The molecular weight excluding hydrogens is 330 g/mol. The zero-order valence-corrected chi connectivity index (χ0v) is 14.2. The lowest BCUT2D eigenvalue weighted by molar-refractivity contribution is 1.10. The summed E-state index contributed by atoms with van der Waals surface area (Å²) < 4.78 is 0. The fourth-order valence-corrected chi connectivity index (χ4v) is 3.35. The molecule has 5 nitrogen and oxygen atoms in total. The third-order valence-electron chi connectivity index (χ3n) is 3.51. The van der Waals surface area contributed by atoms with E-state index in [0.717, 1.165) is 17.1 Å². The predicted octanol–water partition coefficient (Wildman–Crippen LogP) is 5.47. The molecule has 1 aliphatic heterocycles. The Morgan fingerprint density at radius 1 is 0.920 bits per heavy atom. The van der Waals surface area contributed by atoms with Crippen LogP contribution in [-0.4, -0.2) is 0 Å². The molecule has 0 aliphatic carbocycles. The average molecular weight is 343 g/mol. The summed E-state index contributed by atoms with van der Waals surface area (Å²) >= 11 is 1.28. The van der Waals surface area contributed by atoms with Gasteiger partial charge in [0.05, 0.1) is 11.4 Å². The number of hydrogen-bond donors (Lipinski definition) is 0. The number of nitriles is 2. The molecule has 1 heterocycles. The molecule has 0 bridgehead atoms. The van der Waals surface area contributed by atoms with Crippen molar-refractivity contribution in [1.82, 2.24) is 0 Å². The maximum atomic E-state index is 9.29. The fraction of sp³-hybridized carbons (Fsp3) is 0.0526. The minimum absolute atomic E-state index is 0.0538. The third kappa shape index (κ3) is 3.45. The molecule has 2 aromatic rings. The van der Waals surface area contributed by atoms with E-state index in [-0.39, 0.29) is 5.57 Å². The van der Waals surface area contributed by atoms with Crippen molar-refractivity contribution in [3.05, 3.63) is 82.0 Å². The van der Waals surface area contributed by atoms with E-state index in [2.05, 4.69) is 10.2 Å². The Balaban J connectivity index is 2.04. The van der Waals surface area contributed by atoms with Crippen LogP contribution in [-0.2, 0) is 0 Å². The molecule has 0 atom stereocenters. The minimum Gasteiger partial charge on any atom is -0.304 e. The molecule has 0 saturated heterocycles. The molecule has 3 rings (SSSR count). The molecule has 0 amide bonds. The second-order valence-electron chi connectivity index (χ2n) is 5.10. The van der Waals surface area contributed by atoms with Gasteiger partial charge in [-0.2, -0.15) is 10.5 Å². The zero-order valence-electron chi connectivity index (χ0n) is 13.4. The SMILES string of the molecule is CC1=C(N=Nc2ccccc2)SC(=C(C#N)C#N)N1c1ccccc1. The summed E-state index contributed by atoms with van der Waals surface area (Å²) in [6.45, 7) is 1.90. The molecular formula is C19H13N5S. The van der Waals surface area contributed by atoms with Crippen molar-refractivity contribution in [2.75, 3.05) is 4.90 Å². The van der Waals surface area contributed by atoms with Gasteiger partial charge in [0.25, 0.3) is 0 Å². The highest BCUT2D eigenvalue weighted by Gasteiger charge is 2.30. The monoisotopic (exact) mass is 343 g/mol. The highest BCUT2D eigenvalue weighted by Crippen LogP contribution is 2.46. The molecule has 0 radical (unpaired) electrons. The Kier molecular flexibility index (Phi) is 4.94. The molecule has 25 heavy (non-hydrogen) atoms. The van der Waals surface area contributed by atoms with Gasteiger partial charge >= 0.3 is 0 Å². The Morgan fingerprint density at radius 3 is 2.12 bits per heavy atom. The summed E-state index contributed by atoms with van der Waals surface area (Å²) in [5.41, 5.74) is 2.50. The van der Waals surface area contributed by atoms with Crippen LogP contribution in [0.3, 0.4) is 0 Å². The molecule has 0 spiro atoms. The van der Waals surface area contributed by atoms with Gasteiger partial charge in [0.15, 0.2) is 5.57 Å². The smallest absolute Gasteiger partial charge is 0.160 e. The van der Waals surface area contributed by atoms with Crippen LogP contribution in [0.25, 0.3) is 0 Å². The Hall–Kier alpha value is -3.35. The first-order valence-electron chi connectivity index (χ1n) is 7.49. The Bertz CT molecular complexity index is 931. The standard InChI is InChI=1S/C19H13N5S/c1-14-18(23-22-16-8-4-2-5-9-16)25-19(15(12-20)13-21)24(14)17-10-6-3-7-11-17/h2-11H,1H3. The number of benzene rings is 2. The summed E-state index contributed by atoms with van der Waals surface area (Å²) in [6, 6.07) is 22.9. The second kappa shape index (κ2) is 7.48. The van der Waals surface area contributed by atoms with Crippen molar-refractivity contribution in [3.8, 4) is 12.1 Å². The van der Waals surface area contributed by atoms with Crippen LogP contribution >= 0.6 is 11.8 Å². The van der Waals surface area contributed by atoms with Crippen LogP contribution in [0, 0.1) is 22.7 Å². The third-order valence-corrected chi connectivity index (χ3v) is 4.66. The van der Waals surface area contributed by atoms with Crippen molar-refractivity contribution in [3.63, 3.8) is 0 Å². The van der Waals surface area contributed by atoms with Gasteiger partial charge in [-0.05, 0) is 43.0 Å². The molecule has 0 unspecified atom stereocenters. The fourth-order valence-electron chi connectivity index (χ4n) is 2.32. The van der Waals surface area contributed by atoms with Crippen LogP contribution in [0.4, 0.5) is 11.4 Å². The van der Waals surface area contributed by atoms with Gasteiger partial charge in [-0.15, -0.1) is 10.2 Å². The largest absolute Gasteiger partial charge is 0.304 e. The molecule has 0 fully saturated rings. The highest BCUT2D eigenvalue weighted by atomic mass is 32.2. The number of anilines is 1. The maximum Gasteiger partial charge on any atom is 0.160 e. The van der Waals surface area contributed by atoms with E-state index in [1.54, 1.807) is 0 Å². The first-order valence-corrected chi connectivity index (χ1v) is 8.31. The van der Waals surface area contributed by atoms with E-state index in [9.17, 15) is 10.5 Å². The number of para-hydroxylation sites is 1. The summed E-state index contributed by atoms with van der Waals surface area (Å²) in [7, 11) is 0. The summed E-state index contributed by atoms with van der Waals surface area (Å²) in [5.74, 6) is 0. The summed E-state index contributed by atoms with van der Waals surface area (Å²) in [6.07, 6.45) is 0. The van der Waals surface area contributed by atoms with E-state index in [1.165, 1.54) is 11.8 Å². The van der Waals surface area contributed by atoms with E-state index in [1.807, 2.05) is 84.6 Å². The maximum absolute atomic E-state index is 9.29. The van der Waals surface area contributed by atoms with E-state index >= 15 is 0 Å². The lowest BCUT2D eigenvalue weighted by Crippen LogP contribution is -2.15. The normalized spacial score (nSPS) is 13.9. The van der Waals surface area contributed by atoms with Gasteiger partial charge in [0.2, 0.25) is 0 Å². The number of thioether (sulfide) groups is 1. The first kappa shape index (κ1) is 16.5. The Morgan fingerprint density at radius 2 is 1.52 bits per heavy atom. The molecule has 120 valence electrons. The number of nitrogens with zero attached hydrogens (tertiary/aromatic N) is 5. The number of azo groups is 1. The van der Waals surface area contributed by atoms with Crippen molar-refractivity contribution in [1.29, 1.82) is 10.5 Å². The van der Waals surface area contributed by atoms with Crippen molar-refractivity contribution >= 4 is 23.1 Å². The number of allylic oxidation sites excluding steroid dienone is 2. The van der Waals surface area contributed by atoms with Crippen LogP contribution in [0.1, 0.15) is 6.92 Å². The van der Waals surface area contributed by atoms with Crippen molar-refractivity contribution < 1.29 is 0 Å². The van der Waals surface area contributed by atoms with Gasteiger partial charge in [-0.1, -0.05) is 36.4 Å². The van der Waals surface area contributed by atoms with Crippen LogP contribution in [0.15, 0.2) is 92.2 Å². The molecule has 2 aromatic carbocycles. The zero-order chi connectivity index (χ0) is 17.6. The van der Waals surface area contributed by atoms with E-state index < -0.39 is 0 Å². The quantitative estimate of drug-likeness (QED) is 0.547. The van der Waals surface area contributed by atoms with E-state index in [4.69, 9.17) is 0 Å². The lowest BCUT2D eigenvalue weighted by atomic mass is 10.2. The van der Waals surface area contributed by atoms with Crippen molar-refractivity contribution in [2.24, 2.45) is 10.2 Å². The first-order chi connectivity index (χ1) is 12.2. The van der Waals surface area contributed by atoms with Crippen molar-refractivity contribution in [2.45, 2.75) is 6.92 Å². The van der Waals surface area contributed by atoms with Gasteiger partial charge in [0.1, 0.15) is 22.2 Å². The van der Waals surface area contributed by atoms with Gasteiger partial charge < -0.3 is 4.90 Å². The van der Waals surface area contributed by atoms with Gasteiger partial charge in [-0.3, -0.25) is 0 Å². The number of rotatable bonds is 3. The van der Waals surface area contributed by atoms with Crippen LogP contribution in [0.5, 0.6) is 0 Å². The number of hydrogen-bond acceptors (Lipinski definition) is 6. The van der Waals surface area contributed by atoms with Crippen LogP contribution < -0.4 is 4.90 Å². The lowest BCUT2D eigenvalue weighted by Gasteiger charge is -2.20. The highest BCUT2D eigenvalue weighted by molar-refractivity contribution is 8.07. The van der Waals surface area contributed by atoms with E-state index in [0.29, 0.717) is 10.1 Å². The average Bonchev–Trinajstić information content (AvgIpc) is 2.99. The molecule has 0 saturated carbocycles. The topological polar surface area (TPSA) is 75.5 Å². The molecule has 0 aromatic heterocycles. The van der Waals surface area contributed by atoms with Gasteiger partial charge in [-0.25, -0.2) is 0 Å².